The van der Waals surface area contributed by atoms with Gasteiger partial charge in [-0.2, -0.15) is 0 Å². The largest absolute Gasteiger partial charge is 0.480 e. The lowest BCUT2D eigenvalue weighted by molar-refractivity contribution is -0.146. The number of fused-ring (bicyclic) bond motifs is 2. The van der Waals surface area contributed by atoms with Crippen LogP contribution in [0.25, 0.3) is 21.7 Å². The zero-order chi connectivity index (χ0) is 16.1. The Morgan fingerprint density at radius 3 is 2.32 bits per heavy atom. The fourth-order valence-electron chi connectivity index (χ4n) is 2.51. The Kier molecular flexibility index (Phi) is 2.91. The van der Waals surface area contributed by atoms with E-state index >= 15 is 0 Å². The average molecular weight is 298 g/mol. The minimum atomic E-state index is -1.63. The van der Waals surface area contributed by atoms with Crippen molar-refractivity contribution >= 4 is 27.6 Å². The number of H-pyrrole nitrogens is 1. The van der Waals surface area contributed by atoms with Crippen LogP contribution in [0.5, 0.6) is 0 Å². The van der Waals surface area contributed by atoms with Crippen molar-refractivity contribution in [3.63, 3.8) is 0 Å². The number of nitrogens with zero attached hydrogens (tertiary/aromatic N) is 1. The number of carboxylic acids is 1. The second kappa shape index (κ2) is 4.56. The zero-order valence-electron chi connectivity index (χ0n) is 12.1. The summed E-state index contributed by atoms with van der Waals surface area (Å²) in [4.78, 5) is 38.8. The van der Waals surface area contributed by atoms with Crippen LogP contribution in [-0.4, -0.2) is 20.6 Å². The van der Waals surface area contributed by atoms with E-state index in [1.807, 2.05) is 24.3 Å². The van der Waals surface area contributed by atoms with Gasteiger partial charge in [0, 0.05) is 0 Å². The van der Waals surface area contributed by atoms with Gasteiger partial charge in [0.25, 0.3) is 5.56 Å². The molecule has 22 heavy (non-hydrogen) atoms. The van der Waals surface area contributed by atoms with Gasteiger partial charge in [0.2, 0.25) is 0 Å². The minimum Gasteiger partial charge on any atom is -0.480 e. The molecular formula is C16H14N2O4. The lowest BCUT2D eigenvalue weighted by Crippen LogP contribution is -2.50. The van der Waals surface area contributed by atoms with Crippen LogP contribution in [0.1, 0.15) is 13.8 Å². The zero-order valence-corrected chi connectivity index (χ0v) is 12.1. The molecule has 2 N–H and O–H groups in total. The first-order valence-electron chi connectivity index (χ1n) is 6.74. The molecule has 0 atom stereocenters. The van der Waals surface area contributed by atoms with E-state index in [9.17, 15) is 19.5 Å². The van der Waals surface area contributed by atoms with E-state index in [1.165, 1.54) is 13.8 Å². The van der Waals surface area contributed by atoms with Crippen LogP contribution in [-0.2, 0) is 10.3 Å². The van der Waals surface area contributed by atoms with Gasteiger partial charge in [-0.3, -0.25) is 4.79 Å². The first-order valence-corrected chi connectivity index (χ1v) is 6.74. The predicted octanol–water partition coefficient (Wildman–Crippen LogP) is 1.66. The summed E-state index contributed by atoms with van der Waals surface area (Å²) in [6, 6.07) is 10.8. The van der Waals surface area contributed by atoms with Crippen molar-refractivity contribution in [1.82, 2.24) is 9.55 Å². The van der Waals surface area contributed by atoms with Gasteiger partial charge in [0.1, 0.15) is 5.54 Å². The van der Waals surface area contributed by atoms with Crippen molar-refractivity contribution in [2.45, 2.75) is 19.4 Å². The summed E-state index contributed by atoms with van der Waals surface area (Å²) in [7, 11) is 0. The number of hydrogen-bond acceptors (Lipinski definition) is 3. The molecule has 0 aliphatic carbocycles. The number of carboxylic acid groups (broad SMARTS) is 1. The maximum Gasteiger partial charge on any atom is 0.329 e. The van der Waals surface area contributed by atoms with Crippen molar-refractivity contribution in [1.29, 1.82) is 0 Å². The molecule has 3 rings (SSSR count). The van der Waals surface area contributed by atoms with Gasteiger partial charge in [-0.25, -0.2) is 14.2 Å². The highest BCUT2D eigenvalue weighted by Gasteiger charge is 2.33. The molecule has 0 saturated carbocycles. The fraction of sp³-hybridized carbons (Fsp3) is 0.188. The highest BCUT2D eigenvalue weighted by molar-refractivity contribution is 5.96. The molecular weight excluding hydrogens is 284 g/mol. The number of nitrogens with one attached hydrogen (secondary N) is 1. The van der Waals surface area contributed by atoms with Crippen molar-refractivity contribution < 1.29 is 9.90 Å². The molecule has 0 saturated heterocycles. The Labute approximate surface area is 124 Å². The first kappa shape index (κ1) is 14.1. The molecule has 0 radical (unpaired) electrons. The third-order valence-electron chi connectivity index (χ3n) is 3.85. The Morgan fingerprint density at radius 1 is 1.14 bits per heavy atom. The molecule has 0 unspecified atom stereocenters. The molecule has 0 amide bonds. The van der Waals surface area contributed by atoms with E-state index in [2.05, 4.69) is 4.98 Å². The summed E-state index contributed by atoms with van der Waals surface area (Å²) >= 11 is 0. The molecule has 0 bridgehead atoms. The van der Waals surface area contributed by atoms with Crippen molar-refractivity contribution in [2.75, 3.05) is 0 Å². The third-order valence-corrected chi connectivity index (χ3v) is 3.85. The smallest absolute Gasteiger partial charge is 0.329 e. The third kappa shape index (κ3) is 1.92. The van der Waals surface area contributed by atoms with E-state index in [0.29, 0.717) is 5.52 Å². The monoisotopic (exact) mass is 298 g/mol. The van der Waals surface area contributed by atoms with Crippen LogP contribution in [0.2, 0.25) is 0 Å². The molecule has 2 aromatic carbocycles. The van der Waals surface area contributed by atoms with Gasteiger partial charge < -0.3 is 10.1 Å². The number of benzene rings is 2. The Morgan fingerprint density at radius 2 is 1.73 bits per heavy atom. The van der Waals surface area contributed by atoms with Crippen LogP contribution in [0.3, 0.4) is 0 Å². The van der Waals surface area contributed by atoms with Gasteiger partial charge in [-0.15, -0.1) is 0 Å². The standard InChI is InChI=1S/C16H14N2O4/c1-16(2,14(20)21)18-13(19)11-7-9-5-3-4-6-10(9)8-12(11)17-15(18)22/h3-8H,1-2H3,(H,17,22)(H,20,21). The summed E-state index contributed by atoms with van der Waals surface area (Å²) in [5.41, 5.74) is -2.59. The quantitative estimate of drug-likeness (QED) is 0.704. The molecule has 112 valence electrons. The summed E-state index contributed by atoms with van der Waals surface area (Å²) in [5.74, 6) is -1.25. The number of aromatic amines is 1. The maximum atomic E-state index is 12.6. The van der Waals surface area contributed by atoms with Gasteiger partial charge in [0.05, 0.1) is 10.9 Å². The number of aromatic nitrogens is 2. The van der Waals surface area contributed by atoms with E-state index in [-0.39, 0.29) is 5.39 Å². The van der Waals surface area contributed by atoms with Crippen molar-refractivity contribution in [3.8, 4) is 0 Å². The highest BCUT2D eigenvalue weighted by Crippen LogP contribution is 2.19. The Balaban J connectivity index is 2.48. The van der Waals surface area contributed by atoms with Gasteiger partial charge >= 0.3 is 11.7 Å². The highest BCUT2D eigenvalue weighted by atomic mass is 16.4. The maximum absolute atomic E-state index is 12.6. The van der Waals surface area contributed by atoms with Gasteiger partial charge in [-0.1, -0.05) is 24.3 Å². The van der Waals surface area contributed by atoms with E-state index in [4.69, 9.17) is 0 Å². The number of aliphatic carboxylic acids is 1. The van der Waals surface area contributed by atoms with Crippen LogP contribution >= 0.6 is 0 Å². The van der Waals surface area contributed by atoms with Gasteiger partial charge in [0.15, 0.2) is 0 Å². The topological polar surface area (TPSA) is 92.2 Å². The lowest BCUT2D eigenvalue weighted by atomic mass is 10.0. The normalized spacial score (nSPS) is 11.9. The summed E-state index contributed by atoms with van der Waals surface area (Å²) < 4.78 is 0.742. The summed E-state index contributed by atoms with van der Waals surface area (Å²) in [5, 5.41) is 11.3. The number of rotatable bonds is 2. The lowest BCUT2D eigenvalue weighted by Gasteiger charge is -2.21. The van der Waals surface area contributed by atoms with Crippen LogP contribution < -0.4 is 11.2 Å². The van der Waals surface area contributed by atoms with Crippen molar-refractivity contribution in [2.24, 2.45) is 0 Å². The van der Waals surface area contributed by atoms with Crippen LogP contribution in [0, 0.1) is 0 Å². The second-order valence-corrected chi connectivity index (χ2v) is 5.68. The SMILES string of the molecule is CC(C)(C(=O)O)n1c(=O)[nH]c2cc3ccccc3cc2c1=O. The average Bonchev–Trinajstić information content (AvgIpc) is 2.45. The molecule has 0 aliphatic heterocycles. The Hall–Kier alpha value is -2.89. The number of carbonyl (C=O) groups is 1. The first-order chi connectivity index (χ1) is 10.3. The molecule has 1 aromatic heterocycles. The fourth-order valence-corrected chi connectivity index (χ4v) is 2.51. The van der Waals surface area contributed by atoms with E-state index < -0.39 is 22.8 Å². The van der Waals surface area contributed by atoms with Crippen LogP contribution in [0.4, 0.5) is 0 Å². The minimum absolute atomic E-state index is 0.285. The summed E-state index contributed by atoms with van der Waals surface area (Å²) in [6.45, 7) is 2.64. The second-order valence-electron chi connectivity index (χ2n) is 5.68. The number of hydrogen-bond donors (Lipinski definition) is 2. The van der Waals surface area contributed by atoms with Gasteiger partial charge in [-0.05, 0) is 36.8 Å². The molecule has 6 heteroatoms. The van der Waals surface area contributed by atoms with E-state index in [0.717, 1.165) is 15.3 Å². The Bertz CT molecular complexity index is 1030. The molecule has 0 aliphatic rings. The van der Waals surface area contributed by atoms with E-state index in [1.54, 1.807) is 12.1 Å². The van der Waals surface area contributed by atoms with Crippen LogP contribution in [0.15, 0.2) is 46.0 Å². The summed E-state index contributed by atoms with van der Waals surface area (Å²) in [6.07, 6.45) is 0. The molecule has 6 nitrogen and oxygen atoms in total. The molecule has 0 fully saturated rings. The van der Waals surface area contributed by atoms with Crippen molar-refractivity contribution in [3.05, 3.63) is 57.2 Å². The molecule has 1 heterocycles. The predicted molar refractivity (Wildman–Crippen MR) is 83.3 cm³/mol. The molecule has 3 aromatic rings. The molecule has 0 spiro atoms.